The second-order valence-electron chi connectivity index (χ2n) is 4.95. The maximum atomic E-state index is 9.21. The number of nitrogens with two attached hydrogens (primary N) is 1. The van der Waals surface area contributed by atoms with Gasteiger partial charge in [0, 0.05) is 24.8 Å². The average molecular weight is 228 g/mol. The van der Waals surface area contributed by atoms with E-state index in [0.29, 0.717) is 5.56 Å². The number of nitrogens with zero attached hydrogens (tertiary/aromatic N) is 3. The van der Waals surface area contributed by atoms with Gasteiger partial charge in [-0.05, 0) is 37.3 Å². The lowest BCUT2D eigenvalue weighted by atomic mass is 9.94. The third-order valence-electron chi connectivity index (χ3n) is 3.61. The summed E-state index contributed by atoms with van der Waals surface area (Å²) in [5, 5.41) is 9.21. The first-order valence-electron chi connectivity index (χ1n) is 6.21. The fourth-order valence-electron chi connectivity index (χ4n) is 2.63. The zero-order chi connectivity index (χ0) is 11.8. The highest BCUT2D eigenvalue weighted by Gasteiger charge is 2.27. The molecule has 0 aromatic carbocycles. The van der Waals surface area contributed by atoms with Crippen LogP contribution < -0.4 is 10.6 Å². The fraction of sp³-hybridized carbons (Fsp3) is 0.538. The first-order valence-corrected chi connectivity index (χ1v) is 6.21. The highest BCUT2D eigenvalue weighted by molar-refractivity contribution is 5.58. The normalized spacial score (nSPS) is 19.4. The monoisotopic (exact) mass is 228 g/mol. The number of hydrogen-bond acceptors (Lipinski definition) is 4. The molecule has 1 fully saturated rings. The Labute approximate surface area is 101 Å². The van der Waals surface area contributed by atoms with Crippen molar-refractivity contribution in [3.63, 3.8) is 0 Å². The van der Waals surface area contributed by atoms with Gasteiger partial charge in [-0.25, -0.2) is 4.98 Å². The summed E-state index contributed by atoms with van der Waals surface area (Å²) >= 11 is 0. The van der Waals surface area contributed by atoms with Gasteiger partial charge in [-0.2, -0.15) is 5.26 Å². The first-order chi connectivity index (χ1) is 8.28. The Balaban J connectivity index is 1.99. The predicted molar refractivity (Wildman–Crippen MR) is 65.8 cm³/mol. The van der Waals surface area contributed by atoms with E-state index in [1.54, 1.807) is 0 Å². The summed E-state index contributed by atoms with van der Waals surface area (Å²) in [4.78, 5) is 6.80. The van der Waals surface area contributed by atoms with E-state index in [0.717, 1.165) is 31.7 Å². The summed E-state index contributed by atoms with van der Waals surface area (Å²) < 4.78 is 0. The van der Waals surface area contributed by atoms with Crippen molar-refractivity contribution in [2.75, 3.05) is 18.0 Å². The van der Waals surface area contributed by atoms with Crippen LogP contribution in [-0.2, 0) is 12.8 Å². The molecule has 2 heterocycles. The van der Waals surface area contributed by atoms with Gasteiger partial charge in [0.1, 0.15) is 11.9 Å². The Morgan fingerprint density at radius 3 is 2.82 bits per heavy atom. The number of aryl methyl sites for hydroxylation is 2. The Hall–Kier alpha value is -1.60. The summed E-state index contributed by atoms with van der Waals surface area (Å²) in [5.41, 5.74) is 8.94. The number of fused-ring (bicyclic) bond motifs is 1. The number of aromatic nitrogens is 1. The van der Waals surface area contributed by atoms with Crippen LogP contribution in [-0.4, -0.2) is 24.1 Å². The minimum Gasteiger partial charge on any atom is -0.352 e. The molecule has 1 aliphatic carbocycles. The second kappa shape index (κ2) is 4.01. The molecule has 0 saturated carbocycles. The van der Waals surface area contributed by atoms with Crippen molar-refractivity contribution < 1.29 is 0 Å². The molecular weight excluding hydrogens is 212 g/mol. The van der Waals surface area contributed by atoms with Crippen molar-refractivity contribution in [3.05, 3.63) is 22.9 Å². The smallest absolute Gasteiger partial charge is 0.146 e. The molecule has 4 heteroatoms. The molecule has 1 aromatic rings. The van der Waals surface area contributed by atoms with Crippen molar-refractivity contribution >= 4 is 5.82 Å². The van der Waals surface area contributed by atoms with Gasteiger partial charge in [0.2, 0.25) is 0 Å². The van der Waals surface area contributed by atoms with Gasteiger partial charge >= 0.3 is 0 Å². The molecule has 0 atom stereocenters. The van der Waals surface area contributed by atoms with Crippen LogP contribution in [0.3, 0.4) is 0 Å². The van der Waals surface area contributed by atoms with Crippen LogP contribution in [0.25, 0.3) is 0 Å². The van der Waals surface area contributed by atoms with E-state index in [1.807, 2.05) is 6.07 Å². The van der Waals surface area contributed by atoms with Gasteiger partial charge < -0.3 is 10.6 Å². The molecule has 3 rings (SSSR count). The maximum absolute atomic E-state index is 9.21. The summed E-state index contributed by atoms with van der Waals surface area (Å²) in [6.45, 7) is 1.64. The topological polar surface area (TPSA) is 65.9 Å². The third-order valence-corrected chi connectivity index (χ3v) is 3.61. The van der Waals surface area contributed by atoms with E-state index in [1.165, 1.54) is 24.1 Å². The van der Waals surface area contributed by atoms with E-state index in [2.05, 4.69) is 16.0 Å². The largest absolute Gasteiger partial charge is 0.352 e. The molecule has 0 bridgehead atoms. The molecule has 0 unspecified atom stereocenters. The molecule has 1 saturated heterocycles. The first kappa shape index (κ1) is 10.5. The molecule has 0 amide bonds. The standard InChI is InChI=1S/C13H16N4/c14-6-10-5-9-3-1-2-4-12(9)16-13(10)17-7-11(15)8-17/h5,11H,1-4,7-8,15H2. The lowest BCUT2D eigenvalue weighted by Gasteiger charge is -2.38. The van der Waals surface area contributed by atoms with Crippen LogP contribution in [0.4, 0.5) is 5.82 Å². The predicted octanol–water partition coefficient (Wildman–Crippen LogP) is 0.979. The van der Waals surface area contributed by atoms with Crippen molar-refractivity contribution in [2.24, 2.45) is 5.73 Å². The van der Waals surface area contributed by atoms with E-state index >= 15 is 0 Å². The van der Waals surface area contributed by atoms with Gasteiger partial charge in [0.05, 0.1) is 5.56 Å². The highest BCUT2D eigenvalue weighted by atomic mass is 15.3. The third kappa shape index (κ3) is 1.77. The molecule has 2 N–H and O–H groups in total. The molecule has 88 valence electrons. The van der Waals surface area contributed by atoms with Crippen molar-refractivity contribution in [3.8, 4) is 6.07 Å². The molecule has 0 radical (unpaired) electrons. The van der Waals surface area contributed by atoms with Crippen molar-refractivity contribution in [1.29, 1.82) is 5.26 Å². The number of hydrogen-bond donors (Lipinski definition) is 1. The van der Waals surface area contributed by atoms with Gasteiger partial charge in [-0.1, -0.05) is 0 Å². The molecular formula is C13H16N4. The minimum absolute atomic E-state index is 0.236. The van der Waals surface area contributed by atoms with Gasteiger partial charge in [0.15, 0.2) is 0 Å². The highest BCUT2D eigenvalue weighted by Crippen LogP contribution is 2.28. The summed E-state index contributed by atoms with van der Waals surface area (Å²) in [6, 6.07) is 4.53. The molecule has 1 aliphatic heterocycles. The van der Waals surface area contributed by atoms with E-state index in [-0.39, 0.29) is 6.04 Å². The van der Waals surface area contributed by atoms with E-state index in [9.17, 15) is 5.26 Å². The zero-order valence-electron chi connectivity index (χ0n) is 9.82. The van der Waals surface area contributed by atoms with E-state index in [4.69, 9.17) is 5.73 Å². The van der Waals surface area contributed by atoms with Crippen LogP contribution in [0, 0.1) is 11.3 Å². The maximum Gasteiger partial charge on any atom is 0.146 e. The zero-order valence-corrected chi connectivity index (χ0v) is 9.82. The van der Waals surface area contributed by atoms with Gasteiger partial charge in [0.25, 0.3) is 0 Å². The van der Waals surface area contributed by atoms with Crippen LogP contribution in [0.1, 0.15) is 29.7 Å². The Morgan fingerprint density at radius 1 is 1.35 bits per heavy atom. The second-order valence-corrected chi connectivity index (χ2v) is 4.95. The van der Waals surface area contributed by atoms with Crippen molar-refractivity contribution in [2.45, 2.75) is 31.7 Å². The molecule has 4 nitrogen and oxygen atoms in total. The SMILES string of the molecule is N#Cc1cc2c(nc1N1CC(N)C1)CCCC2. The summed E-state index contributed by atoms with van der Waals surface area (Å²) in [7, 11) is 0. The number of rotatable bonds is 1. The lowest BCUT2D eigenvalue weighted by Crippen LogP contribution is -2.56. The number of nitriles is 1. The van der Waals surface area contributed by atoms with Crippen molar-refractivity contribution in [1.82, 2.24) is 4.98 Å². The van der Waals surface area contributed by atoms with Crippen LogP contribution in [0.2, 0.25) is 0 Å². The van der Waals surface area contributed by atoms with Gasteiger partial charge in [-0.15, -0.1) is 0 Å². The van der Waals surface area contributed by atoms with Gasteiger partial charge in [-0.3, -0.25) is 0 Å². The van der Waals surface area contributed by atoms with Crippen LogP contribution >= 0.6 is 0 Å². The molecule has 2 aliphatic rings. The number of anilines is 1. The number of pyridine rings is 1. The molecule has 0 spiro atoms. The van der Waals surface area contributed by atoms with Crippen LogP contribution in [0.15, 0.2) is 6.07 Å². The average Bonchev–Trinajstić information content (AvgIpc) is 2.33. The molecule has 1 aromatic heterocycles. The Kier molecular flexibility index (Phi) is 2.49. The Bertz CT molecular complexity index is 483. The summed E-state index contributed by atoms with van der Waals surface area (Å²) in [6.07, 6.45) is 4.54. The quantitative estimate of drug-likeness (QED) is 0.778. The molecule has 17 heavy (non-hydrogen) atoms. The van der Waals surface area contributed by atoms with Crippen LogP contribution in [0.5, 0.6) is 0 Å². The minimum atomic E-state index is 0.236. The van der Waals surface area contributed by atoms with E-state index < -0.39 is 0 Å². The Morgan fingerprint density at radius 2 is 2.12 bits per heavy atom. The fourth-order valence-corrected chi connectivity index (χ4v) is 2.63. The lowest BCUT2D eigenvalue weighted by molar-refractivity contribution is 0.512. The summed E-state index contributed by atoms with van der Waals surface area (Å²) in [5.74, 6) is 0.842.